The monoisotopic (exact) mass is 425 g/mol. The molecule has 0 heterocycles. The Labute approximate surface area is 169 Å². The van der Waals surface area contributed by atoms with Gasteiger partial charge in [-0.2, -0.15) is 0 Å². The molecule has 0 bridgehead atoms. The van der Waals surface area contributed by atoms with Crippen molar-refractivity contribution >= 4 is 10.0 Å². The average Bonchev–Trinajstić information content (AvgIpc) is 3.00. The highest BCUT2D eigenvalue weighted by Gasteiger charge is 2.44. The molecule has 1 saturated carbocycles. The number of nitrogens with one attached hydrogen (secondary N) is 1. The zero-order valence-electron chi connectivity index (χ0n) is 16.4. The third-order valence-corrected chi connectivity index (χ3v) is 7.09. The molecule has 0 aliphatic heterocycles. The molecule has 3 rings (SSSR count). The normalized spacial score (nSPS) is 22.2. The number of halogens is 2. The highest BCUT2D eigenvalue weighted by Crippen LogP contribution is 2.40. The van der Waals surface area contributed by atoms with E-state index in [-0.39, 0.29) is 6.61 Å². The molecule has 2 aromatic carbocycles. The fourth-order valence-electron chi connectivity index (χ4n) is 3.53. The molecule has 8 heteroatoms. The molecule has 0 spiro atoms. The van der Waals surface area contributed by atoms with Gasteiger partial charge >= 0.3 is 0 Å². The lowest BCUT2D eigenvalue weighted by molar-refractivity contribution is 0.0230. The van der Waals surface area contributed by atoms with Crippen LogP contribution in [0.1, 0.15) is 44.2 Å². The Kier molecular flexibility index (Phi) is 6.26. The summed E-state index contributed by atoms with van der Waals surface area (Å²) in [6.45, 7) is 3.18. The Morgan fingerprint density at radius 1 is 1.17 bits per heavy atom. The second-order valence-electron chi connectivity index (χ2n) is 7.67. The topological polar surface area (TPSA) is 75.6 Å². The molecule has 5 nitrogen and oxygen atoms in total. The van der Waals surface area contributed by atoms with Crippen molar-refractivity contribution in [2.75, 3.05) is 0 Å². The summed E-state index contributed by atoms with van der Waals surface area (Å²) in [7, 11) is -3.51. The molecule has 0 saturated heterocycles. The summed E-state index contributed by atoms with van der Waals surface area (Å²) in [6, 6.07) is 9.26. The predicted octanol–water partition coefficient (Wildman–Crippen LogP) is 3.61. The first-order valence-corrected chi connectivity index (χ1v) is 11.1. The summed E-state index contributed by atoms with van der Waals surface area (Å²) < 4.78 is 59.2. The maximum atomic E-state index is 13.3. The first kappa shape index (κ1) is 21.7. The van der Waals surface area contributed by atoms with Gasteiger partial charge in [0.05, 0.1) is 11.3 Å². The molecule has 1 aliphatic rings. The van der Waals surface area contributed by atoms with Crippen molar-refractivity contribution in [2.24, 2.45) is 0 Å². The van der Waals surface area contributed by atoms with Crippen LogP contribution in [0.3, 0.4) is 0 Å². The Hall–Kier alpha value is -2.03. The molecule has 0 amide bonds. The van der Waals surface area contributed by atoms with Crippen LogP contribution in [0.4, 0.5) is 8.78 Å². The summed E-state index contributed by atoms with van der Waals surface area (Å²) in [5.41, 5.74) is -0.341. The maximum Gasteiger partial charge on any atom is 0.214 e. The third kappa shape index (κ3) is 4.94. The molecule has 1 aliphatic carbocycles. The summed E-state index contributed by atoms with van der Waals surface area (Å²) >= 11 is 0. The van der Waals surface area contributed by atoms with Crippen LogP contribution in [0, 0.1) is 11.6 Å². The number of benzene rings is 2. The van der Waals surface area contributed by atoms with Gasteiger partial charge in [0, 0.05) is 6.07 Å². The van der Waals surface area contributed by atoms with E-state index in [1.54, 1.807) is 38.1 Å². The Balaban J connectivity index is 1.71. The van der Waals surface area contributed by atoms with Gasteiger partial charge in [0.25, 0.3) is 0 Å². The van der Waals surface area contributed by atoms with Gasteiger partial charge in [-0.25, -0.2) is 21.9 Å². The van der Waals surface area contributed by atoms with Crippen molar-refractivity contribution in [2.45, 2.75) is 56.6 Å². The van der Waals surface area contributed by atoms with Gasteiger partial charge in [-0.05, 0) is 68.5 Å². The van der Waals surface area contributed by atoms with Crippen LogP contribution in [0.25, 0.3) is 0 Å². The molecule has 2 aromatic rings. The number of hydrogen-bond donors (Lipinski definition) is 2. The molecule has 0 aromatic heterocycles. The summed E-state index contributed by atoms with van der Waals surface area (Å²) in [6.07, 6.45) is 1.69. The number of hydrogen-bond acceptors (Lipinski definition) is 4. The Morgan fingerprint density at radius 3 is 2.38 bits per heavy atom. The standard InChI is InChI=1S/C21H25F2NO4S/c1-14(2)29(26,27)24-20-4-3-9-21(20,25)16-5-7-19(8-6-16)28-13-15-10-17(22)12-18(23)11-15/h5-8,10-12,14,20,24-25H,3-4,9,13H2,1-2H3/t20-,21-/m0/s1. The zero-order chi connectivity index (χ0) is 21.2. The number of sulfonamides is 1. The van der Waals surface area contributed by atoms with Crippen LogP contribution in [-0.2, 0) is 22.2 Å². The number of ether oxygens (including phenoxy) is 1. The fraction of sp³-hybridized carbons (Fsp3) is 0.429. The van der Waals surface area contributed by atoms with Crippen LogP contribution >= 0.6 is 0 Å². The van der Waals surface area contributed by atoms with Gasteiger partial charge in [0.1, 0.15) is 29.6 Å². The summed E-state index contributed by atoms with van der Waals surface area (Å²) in [5, 5.41) is 10.6. The van der Waals surface area contributed by atoms with Crippen molar-refractivity contribution in [3.8, 4) is 5.75 Å². The van der Waals surface area contributed by atoms with E-state index in [4.69, 9.17) is 4.74 Å². The first-order chi connectivity index (χ1) is 13.6. The van der Waals surface area contributed by atoms with E-state index in [0.717, 1.165) is 6.07 Å². The first-order valence-electron chi connectivity index (χ1n) is 9.52. The molecule has 0 radical (unpaired) electrons. The minimum absolute atomic E-state index is 0.00485. The maximum absolute atomic E-state index is 13.3. The van der Waals surface area contributed by atoms with E-state index in [2.05, 4.69) is 4.72 Å². The molecule has 1 fully saturated rings. The molecule has 2 atom stereocenters. The lowest BCUT2D eigenvalue weighted by Crippen LogP contribution is -2.48. The van der Waals surface area contributed by atoms with E-state index in [1.165, 1.54) is 12.1 Å². The fourth-order valence-corrected chi connectivity index (χ4v) is 4.51. The van der Waals surface area contributed by atoms with Crippen molar-refractivity contribution < 1.29 is 27.0 Å². The van der Waals surface area contributed by atoms with Crippen LogP contribution in [0.5, 0.6) is 5.75 Å². The number of rotatable bonds is 7. The average molecular weight is 425 g/mol. The summed E-state index contributed by atoms with van der Waals surface area (Å²) in [5.74, 6) is -0.867. The quantitative estimate of drug-likeness (QED) is 0.711. The minimum Gasteiger partial charge on any atom is -0.489 e. The van der Waals surface area contributed by atoms with Gasteiger partial charge in [0.2, 0.25) is 10.0 Å². The van der Waals surface area contributed by atoms with Crippen molar-refractivity contribution in [3.63, 3.8) is 0 Å². The van der Waals surface area contributed by atoms with Crippen LogP contribution in [0.2, 0.25) is 0 Å². The molecule has 29 heavy (non-hydrogen) atoms. The SMILES string of the molecule is CC(C)S(=O)(=O)N[C@H]1CCC[C@]1(O)c1ccc(OCc2cc(F)cc(F)c2)cc1. The van der Waals surface area contributed by atoms with Gasteiger partial charge < -0.3 is 9.84 Å². The zero-order valence-corrected chi connectivity index (χ0v) is 17.2. The van der Waals surface area contributed by atoms with Crippen molar-refractivity contribution in [1.82, 2.24) is 4.72 Å². The molecule has 0 unspecified atom stereocenters. The number of aliphatic hydroxyl groups is 1. The van der Waals surface area contributed by atoms with E-state index in [1.807, 2.05) is 0 Å². The van der Waals surface area contributed by atoms with Gasteiger partial charge in [-0.3, -0.25) is 0 Å². The van der Waals surface area contributed by atoms with Crippen LogP contribution in [-0.4, -0.2) is 24.8 Å². The minimum atomic E-state index is -3.51. The molecule has 2 N–H and O–H groups in total. The van der Waals surface area contributed by atoms with Gasteiger partial charge in [-0.1, -0.05) is 12.1 Å². The lowest BCUT2D eigenvalue weighted by Gasteiger charge is -2.31. The van der Waals surface area contributed by atoms with Crippen LogP contribution < -0.4 is 9.46 Å². The van der Waals surface area contributed by atoms with E-state index >= 15 is 0 Å². The second-order valence-corrected chi connectivity index (χ2v) is 9.94. The van der Waals surface area contributed by atoms with Gasteiger partial charge in [0.15, 0.2) is 0 Å². The van der Waals surface area contributed by atoms with Gasteiger partial charge in [-0.15, -0.1) is 0 Å². The molecular formula is C21H25F2NO4S. The van der Waals surface area contributed by atoms with E-state index in [0.29, 0.717) is 36.1 Å². The smallest absolute Gasteiger partial charge is 0.214 e. The van der Waals surface area contributed by atoms with E-state index < -0.39 is 38.6 Å². The lowest BCUT2D eigenvalue weighted by atomic mass is 9.89. The largest absolute Gasteiger partial charge is 0.489 e. The highest BCUT2D eigenvalue weighted by atomic mass is 32.2. The highest BCUT2D eigenvalue weighted by molar-refractivity contribution is 7.90. The molecule has 158 valence electrons. The third-order valence-electron chi connectivity index (χ3n) is 5.24. The second kappa shape index (κ2) is 8.38. The predicted molar refractivity (Wildman–Crippen MR) is 106 cm³/mol. The van der Waals surface area contributed by atoms with E-state index in [9.17, 15) is 22.3 Å². The Bertz CT molecular complexity index is 943. The summed E-state index contributed by atoms with van der Waals surface area (Å²) in [4.78, 5) is 0. The Morgan fingerprint density at radius 2 is 1.79 bits per heavy atom. The van der Waals surface area contributed by atoms with Crippen molar-refractivity contribution in [3.05, 3.63) is 65.2 Å². The van der Waals surface area contributed by atoms with Crippen molar-refractivity contribution in [1.29, 1.82) is 0 Å². The molecular weight excluding hydrogens is 400 g/mol. The van der Waals surface area contributed by atoms with Crippen LogP contribution in [0.15, 0.2) is 42.5 Å².